The van der Waals surface area contributed by atoms with Gasteiger partial charge in [0.05, 0.1) is 0 Å². The highest BCUT2D eigenvalue weighted by Gasteiger charge is 2.13. The first-order chi connectivity index (χ1) is 14.5. The van der Waals surface area contributed by atoms with Gasteiger partial charge in [0.25, 0.3) is 11.1 Å². The number of benzene rings is 3. The van der Waals surface area contributed by atoms with Gasteiger partial charge in [-0.1, -0.05) is 54.9 Å². The number of halogens is 1. The second kappa shape index (κ2) is 10.8. The highest BCUT2D eigenvalue weighted by molar-refractivity contribution is 7.80. The molecule has 0 radical (unpaired) electrons. The minimum Gasteiger partial charge on any atom is -0.432 e. The summed E-state index contributed by atoms with van der Waals surface area (Å²) in [6.45, 7) is 3.59. The predicted octanol–water partition coefficient (Wildman–Crippen LogP) is 6.17. The molecule has 0 aliphatic heterocycles. The van der Waals surface area contributed by atoms with E-state index in [1.165, 1.54) is 5.56 Å². The van der Waals surface area contributed by atoms with Gasteiger partial charge in [-0.05, 0) is 66.7 Å². The van der Waals surface area contributed by atoms with Crippen molar-refractivity contribution in [2.45, 2.75) is 19.9 Å². The van der Waals surface area contributed by atoms with Crippen LogP contribution in [0.1, 0.15) is 29.3 Å². The Hall–Kier alpha value is -2.89. The molecule has 3 aromatic carbocycles. The highest BCUT2D eigenvalue weighted by Crippen LogP contribution is 2.18. The molecule has 0 saturated heterocycles. The number of ether oxygens (including phenoxy) is 1. The molecule has 3 aromatic rings. The molecule has 0 bridgehead atoms. The standard InChI is InChI=1S/C24H23ClN2O2S/c1-2-15-27(17-18-7-4-3-5-8-18)24(30)29-22-13-11-19(12-14-22)23(28)26-21-10-6-9-20(25)16-21/h3-14,16H,2,15,17H2,1H3,(H,26,28). The van der Waals surface area contributed by atoms with E-state index in [-0.39, 0.29) is 5.91 Å². The zero-order valence-corrected chi connectivity index (χ0v) is 18.2. The number of carbonyl (C=O) groups is 1. The fourth-order valence-corrected chi connectivity index (χ4v) is 3.36. The quantitative estimate of drug-likeness (QED) is 0.448. The number of rotatable bonds is 7. The van der Waals surface area contributed by atoms with Crippen LogP contribution >= 0.6 is 23.8 Å². The summed E-state index contributed by atoms with van der Waals surface area (Å²) >= 11 is 11.5. The molecule has 0 atom stereocenters. The van der Waals surface area contributed by atoms with Crippen LogP contribution in [0.25, 0.3) is 0 Å². The van der Waals surface area contributed by atoms with Crippen LogP contribution in [-0.2, 0) is 6.54 Å². The maximum Gasteiger partial charge on any atom is 0.265 e. The maximum absolute atomic E-state index is 12.4. The van der Waals surface area contributed by atoms with E-state index < -0.39 is 0 Å². The molecule has 0 heterocycles. The molecular weight excluding hydrogens is 416 g/mol. The molecule has 30 heavy (non-hydrogen) atoms. The molecule has 4 nitrogen and oxygen atoms in total. The number of hydrogen-bond donors (Lipinski definition) is 1. The summed E-state index contributed by atoms with van der Waals surface area (Å²) in [5, 5.41) is 3.80. The van der Waals surface area contributed by atoms with Gasteiger partial charge >= 0.3 is 0 Å². The Morgan fingerprint density at radius 3 is 2.43 bits per heavy atom. The van der Waals surface area contributed by atoms with Crippen LogP contribution in [-0.4, -0.2) is 22.5 Å². The fraction of sp³-hybridized carbons (Fsp3) is 0.167. The molecule has 3 rings (SSSR count). The lowest BCUT2D eigenvalue weighted by atomic mass is 10.2. The Morgan fingerprint density at radius 2 is 1.77 bits per heavy atom. The van der Waals surface area contributed by atoms with Crippen molar-refractivity contribution >= 4 is 40.6 Å². The van der Waals surface area contributed by atoms with Crippen molar-refractivity contribution in [1.82, 2.24) is 4.90 Å². The number of hydrogen-bond acceptors (Lipinski definition) is 3. The van der Waals surface area contributed by atoms with Crippen LogP contribution in [0.15, 0.2) is 78.9 Å². The van der Waals surface area contributed by atoms with Gasteiger partial charge in [-0.25, -0.2) is 0 Å². The highest BCUT2D eigenvalue weighted by atomic mass is 35.5. The summed E-state index contributed by atoms with van der Waals surface area (Å²) in [4.78, 5) is 14.5. The average Bonchev–Trinajstić information content (AvgIpc) is 2.74. The summed E-state index contributed by atoms with van der Waals surface area (Å²) in [6, 6.07) is 24.1. The van der Waals surface area contributed by atoms with Crippen molar-refractivity contribution in [3.8, 4) is 5.75 Å². The lowest BCUT2D eigenvalue weighted by Gasteiger charge is -2.24. The first kappa shape index (κ1) is 21.8. The lowest BCUT2D eigenvalue weighted by Crippen LogP contribution is -2.33. The Balaban J connectivity index is 1.62. The molecule has 0 aliphatic rings. The van der Waals surface area contributed by atoms with Gasteiger partial charge in [-0.3, -0.25) is 4.79 Å². The van der Waals surface area contributed by atoms with E-state index in [4.69, 9.17) is 28.6 Å². The molecule has 0 fully saturated rings. The second-order valence-electron chi connectivity index (χ2n) is 6.76. The Morgan fingerprint density at radius 1 is 1.03 bits per heavy atom. The van der Waals surface area contributed by atoms with Crippen LogP contribution in [0.2, 0.25) is 5.02 Å². The summed E-state index contributed by atoms with van der Waals surface area (Å²) < 4.78 is 5.88. The third kappa shape index (κ3) is 6.31. The van der Waals surface area contributed by atoms with Crippen LogP contribution in [0, 0.1) is 0 Å². The normalized spacial score (nSPS) is 10.3. The van der Waals surface area contributed by atoms with Crippen molar-refractivity contribution in [3.63, 3.8) is 0 Å². The lowest BCUT2D eigenvalue weighted by molar-refractivity contribution is 0.102. The minimum atomic E-state index is -0.219. The van der Waals surface area contributed by atoms with Crippen LogP contribution < -0.4 is 10.1 Å². The van der Waals surface area contributed by atoms with E-state index in [0.29, 0.717) is 33.7 Å². The summed E-state index contributed by atoms with van der Waals surface area (Å²) in [6.07, 6.45) is 0.957. The van der Waals surface area contributed by atoms with Gasteiger partial charge in [-0.15, -0.1) is 0 Å². The van der Waals surface area contributed by atoms with Gasteiger partial charge in [-0.2, -0.15) is 0 Å². The van der Waals surface area contributed by atoms with Crippen LogP contribution in [0.4, 0.5) is 5.69 Å². The Bertz CT molecular complexity index is 994. The van der Waals surface area contributed by atoms with Crippen molar-refractivity contribution in [2.24, 2.45) is 0 Å². The average molecular weight is 439 g/mol. The first-order valence-electron chi connectivity index (χ1n) is 9.73. The zero-order valence-electron chi connectivity index (χ0n) is 16.7. The SMILES string of the molecule is CCCN(Cc1ccccc1)C(=S)Oc1ccc(C(=O)Nc2cccc(Cl)c2)cc1. The van der Waals surface area contributed by atoms with Gasteiger partial charge in [0.15, 0.2) is 0 Å². The van der Waals surface area contributed by atoms with Gasteiger partial charge in [0, 0.05) is 29.4 Å². The number of amides is 1. The zero-order chi connectivity index (χ0) is 21.3. The second-order valence-corrected chi connectivity index (χ2v) is 7.55. The molecule has 0 unspecified atom stereocenters. The van der Waals surface area contributed by atoms with Crippen molar-refractivity contribution in [2.75, 3.05) is 11.9 Å². The third-order valence-corrected chi connectivity index (χ3v) is 4.95. The Kier molecular flexibility index (Phi) is 7.82. The van der Waals surface area contributed by atoms with Crippen LogP contribution in [0.3, 0.4) is 0 Å². The number of anilines is 1. The van der Waals surface area contributed by atoms with E-state index in [9.17, 15) is 4.79 Å². The maximum atomic E-state index is 12.4. The van der Waals surface area contributed by atoms with Crippen molar-refractivity contribution in [1.29, 1.82) is 0 Å². The molecule has 0 spiro atoms. The number of carbonyl (C=O) groups excluding carboxylic acids is 1. The number of thiocarbonyl (C=S) groups is 1. The van der Waals surface area contributed by atoms with Crippen LogP contribution in [0.5, 0.6) is 5.75 Å². The third-order valence-electron chi connectivity index (χ3n) is 4.37. The van der Waals surface area contributed by atoms with E-state index in [2.05, 4.69) is 24.4 Å². The van der Waals surface area contributed by atoms with Gasteiger partial charge in [0.1, 0.15) is 5.75 Å². The fourth-order valence-electron chi connectivity index (χ4n) is 2.92. The summed E-state index contributed by atoms with van der Waals surface area (Å²) in [5.41, 5.74) is 2.33. The minimum absolute atomic E-state index is 0.219. The largest absolute Gasteiger partial charge is 0.432 e. The molecule has 0 saturated carbocycles. The number of nitrogens with zero attached hydrogens (tertiary/aromatic N) is 1. The predicted molar refractivity (Wildman–Crippen MR) is 126 cm³/mol. The molecule has 0 aliphatic carbocycles. The number of nitrogens with one attached hydrogen (secondary N) is 1. The molecule has 6 heteroatoms. The van der Waals surface area contributed by atoms with Crippen molar-refractivity contribution < 1.29 is 9.53 Å². The molecule has 1 amide bonds. The summed E-state index contributed by atoms with van der Waals surface area (Å²) in [5.74, 6) is 0.372. The Labute approximate surface area is 187 Å². The molecule has 1 N–H and O–H groups in total. The smallest absolute Gasteiger partial charge is 0.265 e. The van der Waals surface area contributed by atoms with E-state index in [0.717, 1.165) is 13.0 Å². The van der Waals surface area contributed by atoms with Crippen molar-refractivity contribution in [3.05, 3.63) is 95.0 Å². The summed E-state index contributed by atoms with van der Waals surface area (Å²) in [7, 11) is 0. The van der Waals surface area contributed by atoms with E-state index >= 15 is 0 Å². The molecule has 154 valence electrons. The van der Waals surface area contributed by atoms with E-state index in [1.54, 1.807) is 48.5 Å². The first-order valence-corrected chi connectivity index (χ1v) is 10.5. The van der Waals surface area contributed by atoms with Gasteiger partial charge < -0.3 is 15.0 Å². The molecule has 0 aromatic heterocycles. The van der Waals surface area contributed by atoms with Gasteiger partial charge in [0.2, 0.25) is 0 Å². The topological polar surface area (TPSA) is 41.6 Å². The monoisotopic (exact) mass is 438 g/mol. The molecular formula is C24H23ClN2O2S. The van der Waals surface area contributed by atoms with E-state index in [1.807, 2.05) is 23.1 Å².